The summed E-state index contributed by atoms with van der Waals surface area (Å²) in [7, 11) is 0. The molecule has 0 aliphatic carbocycles. The SMILES string of the molecule is O=C1COc2ccc(C(=O)COc3ccccc3-c3cnc[nH]3)cc2N1. The van der Waals surface area contributed by atoms with Crippen LogP contribution in [-0.4, -0.2) is 34.9 Å². The summed E-state index contributed by atoms with van der Waals surface area (Å²) in [6.45, 7) is -0.146. The number of carbonyl (C=O) groups excluding carboxylic acids is 2. The van der Waals surface area contributed by atoms with Crippen LogP contribution in [-0.2, 0) is 4.79 Å². The maximum Gasteiger partial charge on any atom is 0.262 e. The van der Waals surface area contributed by atoms with Crippen molar-refractivity contribution in [1.82, 2.24) is 9.97 Å². The minimum Gasteiger partial charge on any atom is -0.485 e. The monoisotopic (exact) mass is 349 g/mol. The zero-order valence-corrected chi connectivity index (χ0v) is 13.7. The largest absolute Gasteiger partial charge is 0.485 e. The van der Waals surface area contributed by atoms with Gasteiger partial charge in [0.05, 0.1) is 23.9 Å². The molecule has 130 valence electrons. The molecule has 0 saturated carbocycles. The number of amides is 1. The van der Waals surface area contributed by atoms with E-state index < -0.39 is 0 Å². The van der Waals surface area contributed by atoms with Crippen molar-refractivity contribution in [2.75, 3.05) is 18.5 Å². The van der Waals surface area contributed by atoms with Gasteiger partial charge in [-0.25, -0.2) is 4.98 Å². The molecule has 7 heteroatoms. The fraction of sp³-hybridized carbons (Fsp3) is 0.105. The summed E-state index contributed by atoms with van der Waals surface area (Å²) in [5.41, 5.74) is 2.56. The number of aromatic amines is 1. The summed E-state index contributed by atoms with van der Waals surface area (Å²) in [5.74, 6) is 0.685. The van der Waals surface area contributed by atoms with E-state index >= 15 is 0 Å². The van der Waals surface area contributed by atoms with Gasteiger partial charge >= 0.3 is 0 Å². The Kier molecular flexibility index (Phi) is 4.10. The Morgan fingerprint density at radius 3 is 2.96 bits per heavy atom. The molecule has 0 radical (unpaired) electrons. The number of hydrogen-bond acceptors (Lipinski definition) is 5. The topological polar surface area (TPSA) is 93.3 Å². The molecule has 0 spiro atoms. The second-order valence-corrected chi connectivity index (χ2v) is 5.72. The zero-order chi connectivity index (χ0) is 17.9. The Morgan fingerprint density at radius 2 is 2.12 bits per heavy atom. The van der Waals surface area contributed by atoms with Gasteiger partial charge in [0.1, 0.15) is 11.5 Å². The number of ketones is 1. The number of nitrogens with zero attached hydrogens (tertiary/aromatic N) is 1. The van der Waals surface area contributed by atoms with Crippen LogP contribution in [0.25, 0.3) is 11.3 Å². The molecule has 0 unspecified atom stereocenters. The van der Waals surface area contributed by atoms with Crippen molar-refractivity contribution < 1.29 is 19.1 Å². The highest BCUT2D eigenvalue weighted by molar-refractivity contribution is 6.01. The number of aromatic nitrogens is 2. The second-order valence-electron chi connectivity index (χ2n) is 5.72. The average molecular weight is 349 g/mol. The summed E-state index contributed by atoms with van der Waals surface area (Å²) in [5, 5.41) is 2.69. The first-order valence-corrected chi connectivity index (χ1v) is 8.01. The van der Waals surface area contributed by atoms with E-state index in [9.17, 15) is 9.59 Å². The van der Waals surface area contributed by atoms with E-state index in [1.807, 2.05) is 18.2 Å². The van der Waals surface area contributed by atoms with E-state index in [1.54, 1.807) is 36.8 Å². The molecular weight excluding hydrogens is 334 g/mol. The lowest BCUT2D eigenvalue weighted by Gasteiger charge is -2.18. The number of nitrogens with one attached hydrogen (secondary N) is 2. The second kappa shape index (κ2) is 6.72. The predicted molar refractivity (Wildman–Crippen MR) is 94.4 cm³/mol. The van der Waals surface area contributed by atoms with Crippen molar-refractivity contribution >= 4 is 17.4 Å². The highest BCUT2D eigenvalue weighted by atomic mass is 16.5. The number of benzene rings is 2. The normalized spacial score (nSPS) is 12.7. The molecule has 3 aromatic rings. The van der Waals surface area contributed by atoms with Gasteiger partial charge < -0.3 is 19.8 Å². The third-order valence-corrected chi connectivity index (χ3v) is 3.97. The summed E-state index contributed by atoms with van der Waals surface area (Å²) >= 11 is 0. The molecule has 7 nitrogen and oxygen atoms in total. The van der Waals surface area contributed by atoms with Crippen LogP contribution in [0.5, 0.6) is 11.5 Å². The van der Waals surface area contributed by atoms with Crippen molar-refractivity contribution in [3.63, 3.8) is 0 Å². The minimum absolute atomic E-state index is 0.0201. The highest BCUT2D eigenvalue weighted by Crippen LogP contribution is 2.30. The van der Waals surface area contributed by atoms with Gasteiger partial charge in [0, 0.05) is 11.1 Å². The van der Waals surface area contributed by atoms with Gasteiger partial charge in [0.15, 0.2) is 19.0 Å². The number of ether oxygens (including phenoxy) is 2. The molecule has 1 aliphatic rings. The van der Waals surface area contributed by atoms with Gasteiger partial charge in [-0.15, -0.1) is 0 Å². The average Bonchev–Trinajstić information content (AvgIpc) is 3.20. The number of Topliss-reactive ketones (excluding diaryl/α,β-unsaturated/α-hetero) is 1. The molecule has 0 bridgehead atoms. The van der Waals surface area contributed by atoms with Crippen molar-refractivity contribution in [2.45, 2.75) is 0 Å². The van der Waals surface area contributed by atoms with E-state index in [2.05, 4.69) is 15.3 Å². The summed E-state index contributed by atoms with van der Waals surface area (Å²) < 4.78 is 11.0. The number of rotatable bonds is 5. The zero-order valence-electron chi connectivity index (χ0n) is 13.7. The van der Waals surface area contributed by atoms with Gasteiger partial charge in [-0.1, -0.05) is 12.1 Å². The Balaban J connectivity index is 1.50. The lowest BCUT2D eigenvalue weighted by atomic mass is 10.1. The van der Waals surface area contributed by atoms with Gasteiger partial charge in [-0.2, -0.15) is 0 Å². The number of para-hydroxylation sites is 1. The van der Waals surface area contributed by atoms with Crippen LogP contribution in [0.2, 0.25) is 0 Å². The first-order chi connectivity index (χ1) is 12.7. The van der Waals surface area contributed by atoms with Crippen LogP contribution in [0.1, 0.15) is 10.4 Å². The maximum absolute atomic E-state index is 12.5. The van der Waals surface area contributed by atoms with E-state index in [0.29, 0.717) is 22.7 Å². The summed E-state index contributed by atoms with van der Waals surface area (Å²) in [6.07, 6.45) is 3.27. The molecule has 1 aliphatic heterocycles. The van der Waals surface area contributed by atoms with Gasteiger partial charge in [-0.05, 0) is 30.3 Å². The van der Waals surface area contributed by atoms with E-state index in [1.165, 1.54) is 0 Å². The molecule has 2 aromatic carbocycles. The quantitative estimate of drug-likeness (QED) is 0.691. The van der Waals surface area contributed by atoms with Gasteiger partial charge in [0.25, 0.3) is 5.91 Å². The van der Waals surface area contributed by atoms with Crippen molar-refractivity contribution in [3.05, 3.63) is 60.6 Å². The van der Waals surface area contributed by atoms with E-state index in [4.69, 9.17) is 9.47 Å². The first kappa shape index (κ1) is 15.9. The van der Waals surface area contributed by atoms with Crippen molar-refractivity contribution in [2.24, 2.45) is 0 Å². The Bertz CT molecular complexity index is 967. The Morgan fingerprint density at radius 1 is 1.23 bits per heavy atom. The Hall–Kier alpha value is -3.61. The maximum atomic E-state index is 12.5. The van der Waals surface area contributed by atoms with E-state index in [0.717, 1.165) is 11.3 Å². The summed E-state index contributed by atoms with van der Waals surface area (Å²) in [4.78, 5) is 30.9. The Labute approximate surface area is 149 Å². The molecule has 2 N–H and O–H groups in total. The fourth-order valence-electron chi connectivity index (χ4n) is 2.70. The molecule has 1 aromatic heterocycles. The number of fused-ring (bicyclic) bond motifs is 1. The van der Waals surface area contributed by atoms with Crippen LogP contribution in [0.4, 0.5) is 5.69 Å². The van der Waals surface area contributed by atoms with Gasteiger partial charge in [-0.3, -0.25) is 9.59 Å². The van der Waals surface area contributed by atoms with Crippen LogP contribution in [0, 0.1) is 0 Å². The molecule has 4 rings (SSSR count). The number of hydrogen-bond donors (Lipinski definition) is 2. The van der Waals surface area contributed by atoms with Gasteiger partial charge in [0.2, 0.25) is 0 Å². The third kappa shape index (κ3) is 3.14. The number of anilines is 1. The lowest BCUT2D eigenvalue weighted by molar-refractivity contribution is -0.118. The van der Waals surface area contributed by atoms with Crippen molar-refractivity contribution in [3.8, 4) is 22.8 Å². The summed E-state index contributed by atoms with van der Waals surface area (Å²) in [6, 6.07) is 12.3. The number of imidazole rings is 1. The molecular formula is C19H15N3O4. The smallest absolute Gasteiger partial charge is 0.262 e. The third-order valence-electron chi connectivity index (χ3n) is 3.97. The van der Waals surface area contributed by atoms with E-state index in [-0.39, 0.29) is 24.9 Å². The van der Waals surface area contributed by atoms with Crippen LogP contribution >= 0.6 is 0 Å². The molecule has 0 fully saturated rings. The van der Waals surface area contributed by atoms with Crippen LogP contribution in [0.3, 0.4) is 0 Å². The minimum atomic E-state index is -0.244. The van der Waals surface area contributed by atoms with Crippen molar-refractivity contribution in [1.29, 1.82) is 0 Å². The standard InChI is InChI=1S/C19H15N3O4/c23-16(12-5-6-18-14(7-12)22-19(24)10-26-18)9-25-17-4-2-1-3-13(17)15-8-20-11-21-15/h1-8,11H,9-10H2,(H,20,21)(H,22,24). The first-order valence-electron chi connectivity index (χ1n) is 8.01. The van der Waals surface area contributed by atoms with Crippen LogP contribution < -0.4 is 14.8 Å². The lowest BCUT2D eigenvalue weighted by Crippen LogP contribution is -2.25. The van der Waals surface area contributed by atoms with Crippen LogP contribution in [0.15, 0.2) is 55.0 Å². The fourth-order valence-corrected chi connectivity index (χ4v) is 2.70. The molecule has 2 heterocycles. The number of H-pyrrole nitrogens is 1. The number of carbonyl (C=O) groups is 2. The highest BCUT2D eigenvalue weighted by Gasteiger charge is 2.18. The molecule has 26 heavy (non-hydrogen) atoms. The molecule has 1 amide bonds. The molecule has 0 atom stereocenters. The predicted octanol–water partition coefficient (Wildman–Crippen LogP) is 2.67. The molecule has 0 saturated heterocycles.